The number of ether oxygens (including phenoxy) is 1. The van der Waals surface area contributed by atoms with Crippen LogP contribution in [0.3, 0.4) is 0 Å². The number of unbranched alkanes of at least 4 members (excludes halogenated alkanes) is 1. The number of rotatable bonds is 9. The van der Waals surface area contributed by atoms with Crippen molar-refractivity contribution >= 4 is 24.8 Å². The van der Waals surface area contributed by atoms with Crippen molar-refractivity contribution in [1.82, 2.24) is 9.80 Å². The van der Waals surface area contributed by atoms with Crippen molar-refractivity contribution < 1.29 is 4.74 Å². The largest absolute Gasteiger partial charge is 0.494 e. The van der Waals surface area contributed by atoms with Gasteiger partial charge in [-0.25, -0.2) is 0 Å². The van der Waals surface area contributed by atoms with Crippen molar-refractivity contribution in [3.8, 4) is 5.75 Å². The van der Waals surface area contributed by atoms with Crippen LogP contribution in [0.1, 0.15) is 32.1 Å². The molecule has 1 aliphatic heterocycles. The predicted molar refractivity (Wildman–Crippen MR) is 108 cm³/mol. The lowest BCUT2D eigenvalue weighted by Crippen LogP contribution is -2.35. The van der Waals surface area contributed by atoms with Gasteiger partial charge >= 0.3 is 0 Å². The van der Waals surface area contributed by atoms with E-state index in [-0.39, 0.29) is 24.8 Å². The molecule has 0 aliphatic carbocycles. The summed E-state index contributed by atoms with van der Waals surface area (Å²) in [5, 5.41) is 0. The van der Waals surface area contributed by atoms with Crippen LogP contribution >= 0.6 is 24.8 Å². The third-order valence-electron chi connectivity index (χ3n) is 4.57. The number of para-hydroxylation sites is 1. The molecule has 140 valence electrons. The maximum absolute atomic E-state index is 5.74. The molecule has 24 heavy (non-hydrogen) atoms. The van der Waals surface area contributed by atoms with Crippen LogP contribution in [-0.4, -0.2) is 56.7 Å². The van der Waals surface area contributed by atoms with E-state index in [1.54, 1.807) is 0 Å². The second kappa shape index (κ2) is 13.8. The lowest BCUT2D eigenvalue weighted by Gasteiger charge is -2.32. The van der Waals surface area contributed by atoms with Crippen LogP contribution in [0.15, 0.2) is 30.3 Å². The van der Waals surface area contributed by atoms with Gasteiger partial charge in [0.15, 0.2) is 0 Å². The first-order valence-electron chi connectivity index (χ1n) is 8.79. The Morgan fingerprint density at radius 1 is 1.04 bits per heavy atom. The van der Waals surface area contributed by atoms with E-state index in [0.29, 0.717) is 0 Å². The first-order chi connectivity index (χ1) is 10.7. The summed E-state index contributed by atoms with van der Waals surface area (Å²) in [6.45, 7) is 5.89. The normalized spacial score (nSPS) is 15.6. The van der Waals surface area contributed by atoms with Gasteiger partial charge in [-0.1, -0.05) is 18.2 Å². The number of nitrogens with zero attached hydrogens (tertiary/aromatic N) is 2. The average Bonchev–Trinajstić information content (AvgIpc) is 2.54. The molecule has 0 bridgehead atoms. The van der Waals surface area contributed by atoms with Crippen LogP contribution in [0, 0.1) is 5.92 Å². The molecule has 0 amide bonds. The quantitative estimate of drug-likeness (QED) is 0.595. The maximum atomic E-state index is 5.74. The monoisotopic (exact) mass is 376 g/mol. The molecule has 3 nitrogen and oxygen atoms in total. The minimum absolute atomic E-state index is 0. The zero-order valence-corrected chi connectivity index (χ0v) is 16.8. The number of hydrogen-bond donors (Lipinski definition) is 0. The smallest absolute Gasteiger partial charge is 0.119 e. The lowest BCUT2D eigenvalue weighted by molar-refractivity contribution is 0.166. The standard InChI is InChI=1S/C19H32N2O.2ClH/c1-20(2)14-10-18-11-15-21(16-12-18)13-6-7-17-22-19-8-4-3-5-9-19;;/h3-5,8-9,18H,6-7,10-17H2,1-2H3;2*1H. The van der Waals surface area contributed by atoms with E-state index in [4.69, 9.17) is 4.74 Å². The molecule has 0 atom stereocenters. The van der Waals surface area contributed by atoms with E-state index in [0.717, 1.165) is 24.7 Å². The Balaban J connectivity index is 0.00000264. The summed E-state index contributed by atoms with van der Waals surface area (Å²) in [4.78, 5) is 4.94. The summed E-state index contributed by atoms with van der Waals surface area (Å²) in [6, 6.07) is 10.1. The third-order valence-corrected chi connectivity index (χ3v) is 4.57. The van der Waals surface area contributed by atoms with E-state index < -0.39 is 0 Å². The van der Waals surface area contributed by atoms with Crippen LogP contribution in [0.25, 0.3) is 0 Å². The van der Waals surface area contributed by atoms with Crippen LogP contribution in [0.2, 0.25) is 0 Å². The van der Waals surface area contributed by atoms with E-state index in [1.807, 2.05) is 30.3 Å². The zero-order valence-electron chi connectivity index (χ0n) is 15.2. The first kappa shape index (κ1) is 23.5. The highest BCUT2D eigenvalue weighted by Gasteiger charge is 2.18. The Morgan fingerprint density at radius 2 is 1.71 bits per heavy atom. The Hall–Kier alpha value is -0.480. The SMILES string of the molecule is CN(C)CCC1CCN(CCCCOc2ccccc2)CC1.Cl.Cl. The molecule has 1 aliphatic rings. The first-order valence-corrected chi connectivity index (χ1v) is 8.79. The summed E-state index contributed by atoms with van der Waals surface area (Å²) in [7, 11) is 4.35. The van der Waals surface area contributed by atoms with E-state index in [1.165, 1.54) is 51.9 Å². The molecule has 1 aromatic rings. The van der Waals surface area contributed by atoms with Crippen molar-refractivity contribution in [2.75, 3.05) is 46.9 Å². The molecule has 0 spiro atoms. The van der Waals surface area contributed by atoms with Gasteiger partial charge in [-0.15, -0.1) is 24.8 Å². The summed E-state index contributed by atoms with van der Waals surface area (Å²) < 4.78 is 5.74. The summed E-state index contributed by atoms with van der Waals surface area (Å²) in [5.41, 5.74) is 0. The van der Waals surface area contributed by atoms with Gasteiger partial charge in [0, 0.05) is 0 Å². The molecule has 0 radical (unpaired) electrons. The molecule has 0 aromatic heterocycles. The molecule has 0 unspecified atom stereocenters. The predicted octanol–water partition coefficient (Wildman–Crippen LogP) is 4.35. The van der Waals surface area contributed by atoms with Gasteiger partial charge in [0.05, 0.1) is 6.61 Å². The highest BCUT2D eigenvalue weighted by atomic mass is 35.5. The van der Waals surface area contributed by atoms with Crippen molar-refractivity contribution in [3.63, 3.8) is 0 Å². The number of likely N-dealkylation sites (tertiary alicyclic amines) is 1. The Kier molecular flexibility index (Phi) is 13.5. The van der Waals surface area contributed by atoms with E-state index >= 15 is 0 Å². The molecule has 1 heterocycles. The van der Waals surface area contributed by atoms with Crippen molar-refractivity contribution in [1.29, 1.82) is 0 Å². The molecule has 2 rings (SSSR count). The van der Waals surface area contributed by atoms with Gasteiger partial charge in [-0.2, -0.15) is 0 Å². The average molecular weight is 377 g/mol. The minimum Gasteiger partial charge on any atom is -0.494 e. The molecular formula is C19H34Cl2N2O. The second-order valence-corrected chi connectivity index (χ2v) is 6.75. The number of benzene rings is 1. The minimum atomic E-state index is 0. The molecule has 5 heteroatoms. The summed E-state index contributed by atoms with van der Waals surface area (Å²) >= 11 is 0. The summed E-state index contributed by atoms with van der Waals surface area (Å²) in [5.74, 6) is 1.93. The molecule has 1 saturated heterocycles. The van der Waals surface area contributed by atoms with Crippen LogP contribution in [0.4, 0.5) is 0 Å². The molecular weight excluding hydrogens is 343 g/mol. The molecule has 1 fully saturated rings. The maximum Gasteiger partial charge on any atom is 0.119 e. The van der Waals surface area contributed by atoms with Crippen molar-refractivity contribution in [3.05, 3.63) is 30.3 Å². The van der Waals surface area contributed by atoms with Gasteiger partial charge in [-0.3, -0.25) is 0 Å². The zero-order chi connectivity index (χ0) is 15.6. The van der Waals surface area contributed by atoms with E-state index in [9.17, 15) is 0 Å². The number of halogens is 2. The Morgan fingerprint density at radius 3 is 2.33 bits per heavy atom. The van der Waals surface area contributed by atoms with Gasteiger partial charge in [0.2, 0.25) is 0 Å². The number of piperidine rings is 1. The third kappa shape index (κ3) is 9.73. The van der Waals surface area contributed by atoms with Gasteiger partial charge < -0.3 is 14.5 Å². The van der Waals surface area contributed by atoms with Crippen LogP contribution in [-0.2, 0) is 0 Å². The second-order valence-electron chi connectivity index (χ2n) is 6.75. The number of hydrogen-bond acceptors (Lipinski definition) is 3. The topological polar surface area (TPSA) is 15.7 Å². The highest BCUT2D eigenvalue weighted by molar-refractivity contribution is 5.85. The van der Waals surface area contributed by atoms with Gasteiger partial charge in [0.25, 0.3) is 0 Å². The van der Waals surface area contributed by atoms with Crippen LogP contribution < -0.4 is 4.74 Å². The Bertz CT molecular complexity index is 396. The fourth-order valence-electron chi connectivity index (χ4n) is 3.08. The molecule has 0 N–H and O–H groups in total. The van der Waals surface area contributed by atoms with Gasteiger partial charge in [-0.05, 0) is 90.4 Å². The summed E-state index contributed by atoms with van der Waals surface area (Å²) in [6.07, 6.45) is 6.53. The fraction of sp³-hybridized carbons (Fsp3) is 0.684. The Labute approximate surface area is 160 Å². The molecule has 1 aromatic carbocycles. The lowest BCUT2D eigenvalue weighted by atomic mass is 9.93. The van der Waals surface area contributed by atoms with Crippen molar-refractivity contribution in [2.24, 2.45) is 5.92 Å². The van der Waals surface area contributed by atoms with Crippen LogP contribution in [0.5, 0.6) is 5.75 Å². The van der Waals surface area contributed by atoms with E-state index in [2.05, 4.69) is 23.9 Å². The van der Waals surface area contributed by atoms with Crippen molar-refractivity contribution in [2.45, 2.75) is 32.1 Å². The highest BCUT2D eigenvalue weighted by Crippen LogP contribution is 2.20. The fourth-order valence-corrected chi connectivity index (χ4v) is 3.08. The van der Waals surface area contributed by atoms with Gasteiger partial charge in [0.1, 0.15) is 5.75 Å². The molecule has 0 saturated carbocycles.